The van der Waals surface area contributed by atoms with Crippen LogP contribution in [-0.2, 0) is 11.3 Å². The SMILES string of the molecule is CCC(NC(=O)Cn1cnc2ccc(Br)cc2c1=O)c1ccccc1OC(F)F. The number of hydrogen-bond donors (Lipinski definition) is 1. The van der Waals surface area contributed by atoms with Crippen molar-refractivity contribution in [3.63, 3.8) is 0 Å². The second kappa shape index (κ2) is 9.13. The third kappa shape index (κ3) is 4.97. The second-order valence-electron chi connectivity index (χ2n) is 6.28. The van der Waals surface area contributed by atoms with Crippen molar-refractivity contribution >= 4 is 32.7 Å². The predicted molar refractivity (Wildman–Crippen MR) is 108 cm³/mol. The summed E-state index contributed by atoms with van der Waals surface area (Å²) in [6.45, 7) is -1.40. The summed E-state index contributed by atoms with van der Waals surface area (Å²) < 4.78 is 31.8. The molecule has 2 aromatic carbocycles. The van der Waals surface area contributed by atoms with E-state index in [-0.39, 0.29) is 17.9 Å². The van der Waals surface area contributed by atoms with Crippen molar-refractivity contribution in [1.82, 2.24) is 14.9 Å². The lowest BCUT2D eigenvalue weighted by molar-refractivity contribution is -0.122. The lowest BCUT2D eigenvalue weighted by atomic mass is 10.0. The van der Waals surface area contributed by atoms with Gasteiger partial charge in [-0.05, 0) is 30.7 Å². The normalized spacial score (nSPS) is 12.2. The van der Waals surface area contributed by atoms with E-state index in [1.54, 1.807) is 36.4 Å². The first kappa shape index (κ1) is 20.9. The number of carbonyl (C=O) groups excluding carboxylic acids is 1. The molecule has 6 nitrogen and oxygen atoms in total. The molecule has 3 aromatic rings. The Bertz CT molecular complexity index is 1090. The molecule has 0 aliphatic heterocycles. The molecule has 9 heteroatoms. The van der Waals surface area contributed by atoms with Crippen molar-refractivity contribution in [2.24, 2.45) is 0 Å². The number of aromatic nitrogens is 2. The molecule has 0 aliphatic rings. The zero-order valence-corrected chi connectivity index (χ0v) is 17.0. The molecule has 29 heavy (non-hydrogen) atoms. The first-order valence-corrected chi connectivity index (χ1v) is 9.66. The van der Waals surface area contributed by atoms with Crippen LogP contribution in [0.2, 0.25) is 0 Å². The first-order valence-electron chi connectivity index (χ1n) is 8.86. The van der Waals surface area contributed by atoms with Gasteiger partial charge in [-0.1, -0.05) is 41.1 Å². The van der Waals surface area contributed by atoms with E-state index in [9.17, 15) is 18.4 Å². The zero-order chi connectivity index (χ0) is 21.0. The minimum Gasteiger partial charge on any atom is -0.434 e. The number of alkyl halides is 2. The minimum absolute atomic E-state index is 0.00374. The maximum absolute atomic E-state index is 12.7. The lowest BCUT2D eigenvalue weighted by Crippen LogP contribution is -2.35. The van der Waals surface area contributed by atoms with Gasteiger partial charge in [0.05, 0.1) is 23.3 Å². The molecule has 0 saturated carbocycles. The largest absolute Gasteiger partial charge is 0.434 e. The Balaban J connectivity index is 1.80. The molecule has 1 atom stereocenters. The third-order valence-corrected chi connectivity index (χ3v) is 4.85. The molecule has 1 N–H and O–H groups in total. The molecule has 1 heterocycles. The van der Waals surface area contributed by atoms with Crippen molar-refractivity contribution in [2.45, 2.75) is 32.5 Å². The molecule has 0 saturated heterocycles. The summed E-state index contributed by atoms with van der Waals surface area (Å²) >= 11 is 3.31. The number of amides is 1. The van der Waals surface area contributed by atoms with Gasteiger partial charge >= 0.3 is 6.61 Å². The highest BCUT2D eigenvalue weighted by Crippen LogP contribution is 2.28. The smallest absolute Gasteiger partial charge is 0.387 e. The van der Waals surface area contributed by atoms with Crippen LogP contribution in [0, 0.1) is 0 Å². The summed E-state index contributed by atoms with van der Waals surface area (Å²) in [7, 11) is 0. The van der Waals surface area contributed by atoms with Gasteiger partial charge in [-0.2, -0.15) is 8.78 Å². The highest BCUT2D eigenvalue weighted by Gasteiger charge is 2.19. The Morgan fingerprint density at radius 2 is 2.03 bits per heavy atom. The van der Waals surface area contributed by atoms with E-state index < -0.39 is 18.6 Å². The first-order chi connectivity index (χ1) is 13.9. The fraction of sp³-hybridized carbons (Fsp3) is 0.250. The average Bonchev–Trinajstić information content (AvgIpc) is 2.69. The van der Waals surface area contributed by atoms with Crippen molar-refractivity contribution in [1.29, 1.82) is 0 Å². The second-order valence-corrected chi connectivity index (χ2v) is 7.20. The fourth-order valence-electron chi connectivity index (χ4n) is 3.01. The number of nitrogens with one attached hydrogen (secondary N) is 1. The van der Waals surface area contributed by atoms with Crippen molar-refractivity contribution in [3.8, 4) is 5.75 Å². The van der Waals surface area contributed by atoms with E-state index in [2.05, 4.69) is 31.0 Å². The molecule has 0 radical (unpaired) electrons. The molecular weight excluding hydrogens is 448 g/mol. The molecular formula is C20H18BrF2N3O3. The molecule has 0 fully saturated rings. The number of nitrogens with zero attached hydrogens (tertiary/aromatic N) is 2. The summed E-state index contributed by atoms with van der Waals surface area (Å²) in [4.78, 5) is 29.4. The summed E-state index contributed by atoms with van der Waals surface area (Å²) in [6, 6.07) is 10.9. The molecule has 0 bridgehead atoms. The van der Waals surface area contributed by atoms with Crippen LogP contribution in [0.3, 0.4) is 0 Å². The van der Waals surface area contributed by atoms with Crippen LogP contribution in [0.25, 0.3) is 10.9 Å². The quantitative estimate of drug-likeness (QED) is 0.571. The molecule has 152 valence electrons. The number of para-hydroxylation sites is 1. The van der Waals surface area contributed by atoms with Crippen LogP contribution in [-0.4, -0.2) is 22.1 Å². The Kier molecular flexibility index (Phi) is 6.58. The third-order valence-electron chi connectivity index (χ3n) is 4.35. The Morgan fingerprint density at radius 1 is 1.28 bits per heavy atom. The van der Waals surface area contributed by atoms with E-state index in [1.165, 1.54) is 17.0 Å². The van der Waals surface area contributed by atoms with Gasteiger partial charge in [-0.3, -0.25) is 14.2 Å². The number of hydrogen-bond acceptors (Lipinski definition) is 4. The van der Waals surface area contributed by atoms with E-state index in [1.807, 2.05) is 6.92 Å². The number of ether oxygens (including phenoxy) is 1. The number of halogens is 3. The van der Waals surface area contributed by atoms with Crippen molar-refractivity contribution in [2.75, 3.05) is 0 Å². The zero-order valence-electron chi connectivity index (χ0n) is 15.4. The monoisotopic (exact) mass is 465 g/mol. The lowest BCUT2D eigenvalue weighted by Gasteiger charge is -2.20. The number of carbonyl (C=O) groups is 1. The number of rotatable bonds is 7. The van der Waals surface area contributed by atoms with Crippen LogP contribution in [0.5, 0.6) is 5.75 Å². The van der Waals surface area contributed by atoms with Crippen molar-refractivity contribution < 1.29 is 18.3 Å². The minimum atomic E-state index is -2.97. The van der Waals surface area contributed by atoms with Crippen LogP contribution in [0.1, 0.15) is 24.9 Å². The summed E-state index contributed by atoms with van der Waals surface area (Å²) in [5.74, 6) is -0.439. The van der Waals surface area contributed by atoms with Gasteiger partial charge in [0.1, 0.15) is 12.3 Å². The molecule has 1 amide bonds. The van der Waals surface area contributed by atoms with Crippen LogP contribution >= 0.6 is 15.9 Å². The van der Waals surface area contributed by atoms with Gasteiger partial charge in [0.25, 0.3) is 5.56 Å². The van der Waals surface area contributed by atoms with Crippen LogP contribution in [0.15, 0.2) is 58.1 Å². The van der Waals surface area contributed by atoms with Gasteiger partial charge in [0.15, 0.2) is 0 Å². The van der Waals surface area contributed by atoms with Crippen molar-refractivity contribution in [3.05, 3.63) is 69.2 Å². The molecule has 1 aromatic heterocycles. The van der Waals surface area contributed by atoms with Gasteiger partial charge < -0.3 is 10.1 Å². The summed E-state index contributed by atoms with van der Waals surface area (Å²) in [5, 5.41) is 3.16. The molecule has 0 spiro atoms. The van der Waals surface area contributed by atoms with E-state index in [4.69, 9.17) is 0 Å². The van der Waals surface area contributed by atoms with Gasteiger partial charge in [0, 0.05) is 10.0 Å². The Labute approximate surface area is 173 Å². The van der Waals surface area contributed by atoms with E-state index >= 15 is 0 Å². The molecule has 0 aliphatic carbocycles. The molecule has 1 unspecified atom stereocenters. The fourth-order valence-corrected chi connectivity index (χ4v) is 3.37. The number of benzene rings is 2. The van der Waals surface area contributed by atoms with Crippen LogP contribution < -0.4 is 15.6 Å². The highest BCUT2D eigenvalue weighted by molar-refractivity contribution is 9.10. The summed E-state index contributed by atoms with van der Waals surface area (Å²) in [5.41, 5.74) is 0.622. The molecule has 3 rings (SSSR count). The average molecular weight is 466 g/mol. The predicted octanol–water partition coefficient (Wildman–Crippen LogP) is 4.03. The summed E-state index contributed by atoms with van der Waals surface area (Å²) in [6.07, 6.45) is 1.76. The topological polar surface area (TPSA) is 73.2 Å². The number of fused-ring (bicyclic) bond motifs is 1. The van der Waals surface area contributed by atoms with Gasteiger partial charge in [-0.15, -0.1) is 0 Å². The highest BCUT2D eigenvalue weighted by atomic mass is 79.9. The Hall–Kier alpha value is -2.81. The van der Waals surface area contributed by atoms with E-state index in [0.717, 1.165) is 4.47 Å². The maximum atomic E-state index is 12.7. The Morgan fingerprint density at radius 3 is 2.76 bits per heavy atom. The van der Waals surface area contributed by atoms with Gasteiger partial charge in [-0.25, -0.2) is 4.98 Å². The van der Waals surface area contributed by atoms with Crippen LogP contribution in [0.4, 0.5) is 8.78 Å². The standard InChI is InChI=1S/C20H18BrF2N3O3/c1-2-15(13-5-3-4-6-17(13)29-20(22)23)25-18(27)10-26-11-24-16-8-7-12(21)9-14(16)19(26)28/h3-9,11,15,20H,2,10H2,1H3,(H,25,27). The maximum Gasteiger partial charge on any atom is 0.387 e. The van der Waals surface area contributed by atoms with E-state index in [0.29, 0.717) is 22.9 Å². The van der Waals surface area contributed by atoms with Gasteiger partial charge in [0.2, 0.25) is 5.91 Å².